The molecule has 2 aromatic rings. The van der Waals surface area contributed by atoms with Gasteiger partial charge in [-0.25, -0.2) is 4.79 Å². The standard InChI is InChI=1S/C28H36N4O6/c1-29-26(33)23-11-13-38-32(23)17-18-8-6-9-22(25(18)36-4)19-14-20(16-21(15-19)30(2)3)27(34)31-12-7-10-24(31)28(35)37-5/h6,8-9,14-16,23-24H,7,10-13,17H2,1-5H3,(H,29,33)/t23-,24-/m0/s1. The van der Waals surface area contributed by atoms with Gasteiger partial charge in [0, 0.05) is 50.1 Å². The Morgan fingerprint density at radius 1 is 1.11 bits per heavy atom. The summed E-state index contributed by atoms with van der Waals surface area (Å²) in [5.41, 5.74) is 3.79. The number of esters is 1. The van der Waals surface area contributed by atoms with Gasteiger partial charge in [0.1, 0.15) is 17.8 Å². The smallest absolute Gasteiger partial charge is 0.328 e. The number of nitrogens with one attached hydrogen (secondary N) is 1. The molecule has 204 valence electrons. The van der Waals surface area contributed by atoms with Crippen molar-refractivity contribution in [2.24, 2.45) is 0 Å². The fraction of sp³-hybridized carbons (Fsp3) is 0.464. The van der Waals surface area contributed by atoms with Crippen LogP contribution in [0.5, 0.6) is 5.75 Å². The first-order valence-electron chi connectivity index (χ1n) is 12.8. The van der Waals surface area contributed by atoms with E-state index < -0.39 is 12.0 Å². The fourth-order valence-corrected chi connectivity index (χ4v) is 5.15. The van der Waals surface area contributed by atoms with E-state index in [0.29, 0.717) is 43.9 Å². The third-order valence-electron chi connectivity index (χ3n) is 7.15. The molecule has 0 saturated carbocycles. The van der Waals surface area contributed by atoms with Gasteiger partial charge in [-0.05, 0) is 43.0 Å². The van der Waals surface area contributed by atoms with Gasteiger partial charge in [-0.1, -0.05) is 18.2 Å². The number of likely N-dealkylation sites (N-methyl/N-ethyl adjacent to an activating group) is 1. The first kappa shape index (κ1) is 27.4. The Balaban J connectivity index is 1.72. The zero-order chi connectivity index (χ0) is 27.4. The largest absolute Gasteiger partial charge is 0.496 e. The average molecular weight is 525 g/mol. The number of carbonyl (C=O) groups excluding carboxylic acids is 3. The molecule has 0 bridgehead atoms. The predicted octanol–water partition coefficient (Wildman–Crippen LogP) is 2.46. The van der Waals surface area contributed by atoms with Gasteiger partial charge in [0.25, 0.3) is 5.91 Å². The molecule has 2 aliphatic rings. The lowest BCUT2D eigenvalue weighted by atomic mass is 9.97. The van der Waals surface area contributed by atoms with E-state index in [4.69, 9.17) is 14.3 Å². The normalized spacial score (nSPS) is 19.3. The summed E-state index contributed by atoms with van der Waals surface area (Å²) in [5.74, 6) is -0.0570. The number of carbonyl (C=O) groups is 3. The van der Waals surface area contributed by atoms with Crippen molar-refractivity contribution in [1.29, 1.82) is 0 Å². The van der Waals surface area contributed by atoms with Crippen LogP contribution in [0.1, 0.15) is 35.2 Å². The molecule has 0 spiro atoms. The maximum atomic E-state index is 13.6. The van der Waals surface area contributed by atoms with Crippen LogP contribution >= 0.6 is 0 Å². The molecule has 2 heterocycles. The van der Waals surface area contributed by atoms with Crippen LogP contribution in [0.2, 0.25) is 0 Å². The van der Waals surface area contributed by atoms with Gasteiger partial charge in [0.15, 0.2) is 0 Å². The fourth-order valence-electron chi connectivity index (χ4n) is 5.15. The van der Waals surface area contributed by atoms with Crippen LogP contribution < -0.4 is 15.0 Å². The van der Waals surface area contributed by atoms with E-state index in [1.807, 2.05) is 55.4 Å². The number of para-hydroxylation sites is 1. The Labute approximate surface area is 223 Å². The molecule has 2 amide bonds. The third kappa shape index (κ3) is 5.46. The summed E-state index contributed by atoms with van der Waals surface area (Å²) in [6, 6.07) is 10.5. The van der Waals surface area contributed by atoms with Gasteiger partial charge in [-0.15, -0.1) is 0 Å². The van der Waals surface area contributed by atoms with E-state index in [0.717, 1.165) is 28.8 Å². The van der Waals surface area contributed by atoms with Crippen LogP contribution in [-0.2, 0) is 25.7 Å². The van der Waals surface area contributed by atoms with E-state index in [-0.39, 0.29) is 17.9 Å². The van der Waals surface area contributed by atoms with Crippen molar-refractivity contribution in [3.63, 3.8) is 0 Å². The minimum Gasteiger partial charge on any atom is -0.496 e. The Hall–Kier alpha value is -3.63. The van der Waals surface area contributed by atoms with Gasteiger partial charge in [-0.2, -0.15) is 5.06 Å². The second-order valence-corrected chi connectivity index (χ2v) is 9.67. The summed E-state index contributed by atoms with van der Waals surface area (Å²) in [4.78, 5) is 47.5. The van der Waals surface area contributed by atoms with E-state index in [1.165, 1.54) is 7.11 Å². The van der Waals surface area contributed by atoms with Crippen molar-refractivity contribution in [3.8, 4) is 16.9 Å². The highest BCUT2D eigenvalue weighted by molar-refractivity contribution is 5.99. The molecule has 10 nitrogen and oxygen atoms in total. The first-order chi connectivity index (χ1) is 18.3. The molecule has 0 aliphatic carbocycles. The monoisotopic (exact) mass is 524 g/mol. The van der Waals surface area contributed by atoms with Gasteiger partial charge < -0.3 is 24.6 Å². The molecular formula is C28H36N4O6. The molecule has 2 aromatic carbocycles. The van der Waals surface area contributed by atoms with Crippen molar-refractivity contribution >= 4 is 23.5 Å². The van der Waals surface area contributed by atoms with Crippen molar-refractivity contribution < 1.29 is 28.7 Å². The highest BCUT2D eigenvalue weighted by atomic mass is 16.7. The highest BCUT2D eigenvalue weighted by Crippen LogP contribution is 2.37. The van der Waals surface area contributed by atoms with Crippen LogP contribution in [0.4, 0.5) is 5.69 Å². The summed E-state index contributed by atoms with van der Waals surface area (Å²) in [7, 11) is 8.40. The SMILES string of the molecule is CNC(=O)[C@@H]1CCON1Cc1cccc(-c2cc(C(=O)N3CCC[C@H]3C(=O)OC)cc(N(C)C)c2)c1OC. The van der Waals surface area contributed by atoms with Crippen molar-refractivity contribution in [3.05, 3.63) is 47.5 Å². The number of hydrogen-bond acceptors (Lipinski definition) is 8. The Morgan fingerprint density at radius 2 is 1.89 bits per heavy atom. The Kier molecular flexibility index (Phi) is 8.53. The zero-order valence-electron chi connectivity index (χ0n) is 22.7. The van der Waals surface area contributed by atoms with Crippen molar-refractivity contribution in [2.45, 2.75) is 37.9 Å². The average Bonchev–Trinajstić information content (AvgIpc) is 3.61. The molecular weight excluding hydrogens is 488 g/mol. The quantitative estimate of drug-likeness (QED) is 0.526. The van der Waals surface area contributed by atoms with Crippen molar-refractivity contribution in [2.75, 3.05) is 53.4 Å². The number of ether oxygens (including phenoxy) is 2. The molecule has 1 N–H and O–H groups in total. The first-order valence-corrected chi connectivity index (χ1v) is 12.8. The number of hydroxylamine groups is 2. The van der Waals surface area contributed by atoms with Crippen LogP contribution in [0.15, 0.2) is 36.4 Å². The van der Waals surface area contributed by atoms with Crippen molar-refractivity contribution in [1.82, 2.24) is 15.3 Å². The van der Waals surface area contributed by atoms with E-state index in [1.54, 1.807) is 24.1 Å². The molecule has 2 atom stereocenters. The second kappa shape index (κ2) is 11.8. The number of amides is 2. The molecule has 2 fully saturated rings. The lowest BCUT2D eigenvalue weighted by Crippen LogP contribution is -2.41. The topological polar surface area (TPSA) is 101 Å². The number of hydrogen-bond donors (Lipinski definition) is 1. The molecule has 0 unspecified atom stereocenters. The number of rotatable bonds is 8. The van der Waals surface area contributed by atoms with Gasteiger partial charge in [0.05, 0.1) is 27.4 Å². The van der Waals surface area contributed by atoms with E-state index in [2.05, 4.69) is 5.32 Å². The third-order valence-corrected chi connectivity index (χ3v) is 7.15. The molecule has 10 heteroatoms. The highest BCUT2D eigenvalue weighted by Gasteiger charge is 2.36. The van der Waals surface area contributed by atoms with Gasteiger partial charge >= 0.3 is 5.97 Å². The summed E-state index contributed by atoms with van der Waals surface area (Å²) < 4.78 is 10.8. The minimum atomic E-state index is -0.578. The number of methoxy groups -OCH3 is 2. The number of benzene rings is 2. The summed E-state index contributed by atoms with van der Waals surface area (Å²) in [6.45, 7) is 1.34. The lowest BCUT2D eigenvalue weighted by molar-refractivity contribution is -0.156. The summed E-state index contributed by atoms with van der Waals surface area (Å²) in [5, 5.41) is 4.38. The van der Waals surface area contributed by atoms with Crippen LogP contribution in [0.25, 0.3) is 11.1 Å². The lowest BCUT2D eigenvalue weighted by Gasteiger charge is -2.25. The maximum Gasteiger partial charge on any atom is 0.328 e. The molecule has 0 aromatic heterocycles. The summed E-state index contributed by atoms with van der Waals surface area (Å²) in [6.07, 6.45) is 1.95. The molecule has 0 radical (unpaired) electrons. The van der Waals surface area contributed by atoms with Gasteiger partial charge in [0.2, 0.25) is 5.91 Å². The maximum absolute atomic E-state index is 13.6. The molecule has 2 saturated heterocycles. The number of nitrogens with zero attached hydrogens (tertiary/aromatic N) is 3. The minimum absolute atomic E-state index is 0.0911. The van der Waals surface area contributed by atoms with Crippen LogP contribution in [-0.4, -0.2) is 88.3 Å². The Bertz CT molecular complexity index is 1200. The predicted molar refractivity (Wildman–Crippen MR) is 143 cm³/mol. The van der Waals surface area contributed by atoms with E-state index in [9.17, 15) is 14.4 Å². The Morgan fingerprint density at radius 3 is 2.58 bits per heavy atom. The second-order valence-electron chi connectivity index (χ2n) is 9.67. The molecule has 38 heavy (non-hydrogen) atoms. The molecule has 2 aliphatic heterocycles. The molecule has 4 rings (SSSR count). The van der Waals surface area contributed by atoms with E-state index >= 15 is 0 Å². The number of likely N-dealkylation sites (tertiary alicyclic amines) is 1. The summed E-state index contributed by atoms with van der Waals surface area (Å²) >= 11 is 0. The van der Waals surface area contributed by atoms with Gasteiger partial charge in [-0.3, -0.25) is 14.4 Å². The van der Waals surface area contributed by atoms with Crippen LogP contribution in [0, 0.1) is 0 Å². The zero-order valence-corrected chi connectivity index (χ0v) is 22.7. The number of anilines is 1. The van der Waals surface area contributed by atoms with Crippen LogP contribution in [0.3, 0.4) is 0 Å².